The van der Waals surface area contributed by atoms with E-state index < -0.39 is 34.9 Å². The maximum Gasteiger partial charge on any atom is 0.326 e. The predicted molar refractivity (Wildman–Crippen MR) is 144 cm³/mol. The van der Waals surface area contributed by atoms with Crippen LogP contribution in [0.2, 0.25) is 0 Å². The summed E-state index contributed by atoms with van der Waals surface area (Å²) in [5, 5.41) is 11.5. The topological polar surface area (TPSA) is 159 Å². The van der Waals surface area contributed by atoms with Gasteiger partial charge >= 0.3 is 5.97 Å². The number of aryl methyl sites for hydroxylation is 1. The van der Waals surface area contributed by atoms with E-state index in [1.807, 2.05) is 14.1 Å². The van der Waals surface area contributed by atoms with Crippen molar-refractivity contribution in [1.82, 2.24) is 14.9 Å². The number of thiol groups is 1. The molecule has 202 valence electrons. The van der Waals surface area contributed by atoms with Crippen LogP contribution in [0.25, 0.3) is 10.8 Å². The highest BCUT2D eigenvalue weighted by Gasteiger charge is 2.43. The summed E-state index contributed by atoms with van der Waals surface area (Å²) in [6.45, 7) is 1.88. The first-order valence-electron chi connectivity index (χ1n) is 11.8. The Kier molecular flexibility index (Phi) is 7.58. The number of ether oxygens (including phenoxy) is 1. The van der Waals surface area contributed by atoms with E-state index in [0.717, 1.165) is 15.3 Å². The molecule has 4 rings (SSSR count). The number of carbonyl (C=O) groups excluding carboxylic acids is 1. The first-order valence-corrected chi connectivity index (χ1v) is 13.0. The number of aromatic nitrogens is 2. The number of hydrogen-bond donors (Lipinski definition) is 3. The van der Waals surface area contributed by atoms with Gasteiger partial charge in [0.1, 0.15) is 29.5 Å². The van der Waals surface area contributed by atoms with Crippen LogP contribution in [0.3, 0.4) is 0 Å². The van der Waals surface area contributed by atoms with Crippen molar-refractivity contribution in [2.24, 2.45) is 0 Å². The van der Waals surface area contributed by atoms with Crippen LogP contribution in [0.5, 0.6) is 5.75 Å². The van der Waals surface area contributed by atoms with E-state index in [1.165, 1.54) is 18.2 Å². The summed E-state index contributed by atoms with van der Waals surface area (Å²) in [5.74, 6) is -0.393. The van der Waals surface area contributed by atoms with Crippen molar-refractivity contribution in [3.63, 3.8) is 0 Å². The van der Waals surface area contributed by atoms with Gasteiger partial charge in [0.05, 0.1) is 19.0 Å². The summed E-state index contributed by atoms with van der Waals surface area (Å²) in [7, 11) is 1.90. The summed E-state index contributed by atoms with van der Waals surface area (Å²) >= 11 is 0. The largest absolute Gasteiger partial charge is 0.496 e. The minimum Gasteiger partial charge on any atom is -0.496 e. The van der Waals surface area contributed by atoms with Gasteiger partial charge < -0.3 is 25.4 Å². The molecular formula is C25H30N6O6S. The van der Waals surface area contributed by atoms with Crippen LogP contribution in [0.15, 0.2) is 36.7 Å². The molecule has 0 unspecified atom stereocenters. The van der Waals surface area contributed by atoms with Crippen molar-refractivity contribution in [3.05, 3.63) is 47.8 Å². The normalized spacial score (nSPS) is 16.2. The average molecular weight is 543 g/mol. The van der Waals surface area contributed by atoms with Crippen LogP contribution in [0, 0.1) is 6.92 Å². The molecule has 1 amide bonds. The number of rotatable bonds is 9. The monoisotopic (exact) mass is 542 g/mol. The molecular weight excluding hydrogens is 512 g/mol. The molecule has 0 radical (unpaired) electrons. The molecule has 3 N–H and O–H groups in total. The first kappa shape index (κ1) is 26.9. The minimum absolute atomic E-state index is 0.0448. The molecule has 1 aliphatic heterocycles. The van der Waals surface area contributed by atoms with Crippen molar-refractivity contribution >= 4 is 50.9 Å². The molecule has 3 aromatic rings. The van der Waals surface area contributed by atoms with Gasteiger partial charge in [-0.1, -0.05) is 0 Å². The fourth-order valence-corrected chi connectivity index (χ4v) is 5.66. The molecule has 1 aliphatic rings. The van der Waals surface area contributed by atoms with E-state index in [9.17, 15) is 23.1 Å². The Balaban J connectivity index is 1.65. The second-order valence-electron chi connectivity index (χ2n) is 9.29. The second kappa shape index (κ2) is 10.7. The third kappa shape index (κ3) is 5.01. The molecule has 1 saturated heterocycles. The van der Waals surface area contributed by atoms with Gasteiger partial charge in [0, 0.05) is 38.6 Å². The number of carboxylic acid groups (broad SMARTS) is 1. The van der Waals surface area contributed by atoms with Crippen molar-refractivity contribution in [2.75, 3.05) is 42.7 Å². The average Bonchev–Trinajstić information content (AvgIpc) is 3.22. The first-order chi connectivity index (χ1) is 18.0. The lowest BCUT2D eigenvalue weighted by Gasteiger charge is -2.28. The zero-order valence-electron chi connectivity index (χ0n) is 21.5. The number of amides is 1. The number of benzene rings is 1. The maximum absolute atomic E-state index is 13.5. The lowest BCUT2D eigenvalue weighted by atomic mass is 10.00. The van der Waals surface area contributed by atoms with Crippen LogP contribution in [0.1, 0.15) is 17.5 Å². The lowest BCUT2D eigenvalue weighted by Crippen LogP contribution is -2.48. The number of carbonyl (C=O) groups is 2. The summed E-state index contributed by atoms with van der Waals surface area (Å²) < 4.78 is 31.1. The van der Waals surface area contributed by atoms with Gasteiger partial charge in [-0.2, -0.15) is 0 Å². The van der Waals surface area contributed by atoms with Crippen LogP contribution in [0.4, 0.5) is 17.3 Å². The fourth-order valence-electron chi connectivity index (χ4n) is 4.92. The number of aliphatic carboxylic acids is 1. The van der Waals surface area contributed by atoms with Gasteiger partial charge in [-0.25, -0.2) is 23.2 Å². The number of anilines is 3. The SMILES string of the molecule is COc1cc2c(N)nccc2cc1C[C@H](C(=O)O)N1CC[C@H](N(c2cnc(N(C)C)c(C)c2)[SH](=O)=O)C1=O. The zero-order chi connectivity index (χ0) is 27.7. The number of pyridine rings is 2. The van der Waals surface area contributed by atoms with E-state index >= 15 is 0 Å². The van der Waals surface area contributed by atoms with Gasteiger partial charge in [-0.05, 0) is 54.1 Å². The van der Waals surface area contributed by atoms with Crippen molar-refractivity contribution in [3.8, 4) is 5.75 Å². The predicted octanol–water partition coefficient (Wildman–Crippen LogP) is 1.22. The number of nitrogen functional groups attached to an aromatic ring is 1. The van der Waals surface area contributed by atoms with Crippen molar-refractivity contribution in [2.45, 2.75) is 31.8 Å². The van der Waals surface area contributed by atoms with E-state index in [-0.39, 0.29) is 25.1 Å². The second-order valence-corrected chi connectivity index (χ2v) is 10.2. The highest BCUT2D eigenvalue weighted by atomic mass is 32.2. The molecule has 38 heavy (non-hydrogen) atoms. The summed E-state index contributed by atoms with van der Waals surface area (Å²) in [4.78, 5) is 37.3. The number of carboxylic acids is 1. The molecule has 13 heteroatoms. The van der Waals surface area contributed by atoms with Crippen LogP contribution in [-0.4, -0.2) is 80.1 Å². The van der Waals surface area contributed by atoms with E-state index in [2.05, 4.69) is 9.97 Å². The number of hydrogen-bond acceptors (Lipinski definition) is 9. The van der Waals surface area contributed by atoms with Gasteiger partial charge in [-0.15, -0.1) is 0 Å². The number of nitrogens with two attached hydrogens (primary N) is 1. The molecule has 0 bridgehead atoms. The van der Waals surface area contributed by atoms with Gasteiger partial charge in [-0.3, -0.25) is 9.10 Å². The van der Waals surface area contributed by atoms with E-state index in [0.29, 0.717) is 28.3 Å². The lowest BCUT2D eigenvalue weighted by molar-refractivity contribution is -0.148. The Morgan fingerprint density at radius 3 is 2.63 bits per heavy atom. The Labute approximate surface area is 221 Å². The van der Waals surface area contributed by atoms with Gasteiger partial charge in [0.2, 0.25) is 16.8 Å². The summed E-state index contributed by atoms with van der Waals surface area (Å²) in [5.41, 5.74) is 7.52. The maximum atomic E-state index is 13.5. The van der Waals surface area contributed by atoms with Gasteiger partial charge in [0.25, 0.3) is 0 Å². The number of likely N-dealkylation sites (tertiary alicyclic amines) is 1. The highest BCUT2D eigenvalue weighted by Crippen LogP contribution is 2.32. The van der Waals surface area contributed by atoms with Crippen molar-refractivity contribution < 1.29 is 27.9 Å². The van der Waals surface area contributed by atoms with Crippen LogP contribution < -0.4 is 19.7 Å². The summed E-state index contributed by atoms with van der Waals surface area (Å²) in [6, 6.07) is 4.55. The Hall–Kier alpha value is -4.13. The Bertz CT molecular complexity index is 1470. The molecule has 0 spiro atoms. The van der Waals surface area contributed by atoms with Crippen molar-refractivity contribution in [1.29, 1.82) is 0 Å². The van der Waals surface area contributed by atoms with Gasteiger partial charge in [0.15, 0.2) is 0 Å². The number of fused-ring (bicyclic) bond motifs is 1. The number of nitrogens with zero attached hydrogens (tertiary/aromatic N) is 5. The highest BCUT2D eigenvalue weighted by molar-refractivity contribution is 7.74. The smallest absolute Gasteiger partial charge is 0.326 e. The van der Waals surface area contributed by atoms with Crippen LogP contribution >= 0.6 is 0 Å². The van der Waals surface area contributed by atoms with E-state index in [4.69, 9.17) is 10.5 Å². The molecule has 0 aliphatic carbocycles. The molecule has 1 aromatic carbocycles. The Morgan fingerprint density at radius 2 is 2.03 bits per heavy atom. The Morgan fingerprint density at radius 1 is 1.29 bits per heavy atom. The zero-order valence-corrected chi connectivity index (χ0v) is 22.4. The molecule has 2 aromatic heterocycles. The molecule has 12 nitrogen and oxygen atoms in total. The molecule has 0 saturated carbocycles. The molecule has 3 heterocycles. The molecule has 1 fully saturated rings. The quantitative estimate of drug-likeness (QED) is 0.336. The van der Waals surface area contributed by atoms with Crippen LogP contribution in [-0.2, 0) is 26.9 Å². The third-order valence-corrected chi connectivity index (χ3v) is 7.54. The van der Waals surface area contributed by atoms with E-state index in [1.54, 1.807) is 42.3 Å². The fraction of sp³-hybridized carbons (Fsp3) is 0.360. The molecule has 2 atom stereocenters. The minimum atomic E-state index is -3.20. The standard InChI is InChI=1S/C25H30N6O6S/c1-14-9-17(13-28-23(14)29(2)3)31(38(35)36)19-6-8-30(24(19)32)20(25(33)34)11-16-10-15-5-7-27-22(26)18(15)12-21(16)37-4/h5,7,9-10,12-13,19-20,38H,6,8,11H2,1-4H3,(H2,26,27)(H,33,34)/t19-,20+/m0/s1. The third-order valence-electron chi connectivity index (χ3n) is 6.68. The number of methoxy groups -OCH3 is 1. The summed E-state index contributed by atoms with van der Waals surface area (Å²) in [6.07, 6.45) is 3.05.